The highest BCUT2D eigenvalue weighted by Gasteiger charge is 2.52. The van der Waals surface area contributed by atoms with Gasteiger partial charge in [-0.25, -0.2) is 14.8 Å². The number of hydrogen-bond donors (Lipinski definition) is 1. The largest absolute Gasteiger partial charge is 0.498 e. The van der Waals surface area contributed by atoms with Crippen molar-refractivity contribution in [2.24, 2.45) is 5.92 Å². The third kappa shape index (κ3) is 7.66. The maximum absolute atomic E-state index is 13.8. The number of carbonyl (C=O) groups excluding carboxylic acids is 2. The van der Waals surface area contributed by atoms with E-state index in [1.54, 1.807) is 12.4 Å². The van der Waals surface area contributed by atoms with Gasteiger partial charge in [0.05, 0.1) is 11.2 Å². The lowest BCUT2D eigenvalue weighted by Gasteiger charge is -2.42. The molecule has 0 saturated carbocycles. The van der Waals surface area contributed by atoms with Gasteiger partial charge in [-0.1, -0.05) is 13.8 Å². The zero-order valence-electron chi connectivity index (χ0n) is 26.4. The number of likely N-dealkylation sites (tertiary alicyclic amines) is 1. The monoisotopic (exact) mass is 559 g/mol. The lowest BCUT2D eigenvalue weighted by Crippen LogP contribution is -2.58. The molecule has 1 N–H and O–H groups in total. The molecular formula is C29H50BN5O5. The maximum atomic E-state index is 13.8. The van der Waals surface area contributed by atoms with Crippen LogP contribution in [0.1, 0.15) is 95.4 Å². The molecule has 3 rings (SSSR count). The summed E-state index contributed by atoms with van der Waals surface area (Å²) in [6.07, 6.45) is 5.80. The van der Waals surface area contributed by atoms with Crippen molar-refractivity contribution >= 4 is 30.5 Å². The van der Waals surface area contributed by atoms with Gasteiger partial charge < -0.3 is 29.2 Å². The Kier molecular flexibility index (Phi) is 9.82. The number of alkyl carbamates (subject to hydrolysis) is 1. The Bertz CT molecular complexity index is 1010. The number of piperidine rings is 1. The first-order valence-corrected chi connectivity index (χ1v) is 14.7. The molecule has 2 aliphatic heterocycles. The minimum absolute atomic E-state index is 0.0308. The second-order valence-electron chi connectivity index (χ2n) is 13.7. The van der Waals surface area contributed by atoms with Crippen molar-refractivity contribution in [3.63, 3.8) is 0 Å². The third-order valence-electron chi connectivity index (χ3n) is 7.99. The summed E-state index contributed by atoms with van der Waals surface area (Å²) >= 11 is 0. The first-order valence-electron chi connectivity index (χ1n) is 14.7. The smallest absolute Gasteiger partial charge is 0.444 e. The minimum atomic E-state index is -0.668. The highest BCUT2D eigenvalue weighted by atomic mass is 16.7. The maximum Gasteiger partial charge on any atom is 0.498 e. The molecule has 0 radical (unpaired) electrons. The van der Waals surface area contributed by atoms with Gasteiger partial charge >= 0.3 is 13.2 Å². The summed E-state index contributed by atoms with van der Waals surface area (Å²) < 4.78 is 17.8. The molecule has 2 aliphatic rings. The topological polar surface area (TPSA) is 106 Å². The highest BCUT2D eigenvalue weighted by molar-refractivity contribution is 6.61. The molecule has 3 heterocycles. The fourth-order valence-electron chi connectivity index (χ4n) is 4.94. The van der Waals surface area contributed by atoms with Gasteiger partial charge in [-0.3, -0.25) is 4.79 Å². The molecule has 10 nitrogen and oxygen atoms in total. The Morgan fingerprint density at radius 3 is 2.17 bits per heavy atom. The van der Waals surface area contributed by atoms with Crippen molar-refractivity contribution in [1.29, 1.82) is 0 Å². The predicted octanol–water partition coefficient (Wildman–Crippen LogP) is 3.92. The molecule has 1 aromatic rings. The van der Waals surface area contributed by atoms with Gasteiger partial charge in [0.25, 0.3) is 0 Å². The van der Waals surface area contributed by atoms with Crippen LogP contribution < -0.4 is 15.7 Å². The Labute approximate surface area is 241 Å². The number of ether oxygens (including phenoxy) is 1. The SMILES string of the molecule is CC(C)[C@H](NC(=O)OC(C)(C)C)C(=O)N1CCCC[C@@H]1CN(c1ncc(B2OC(C)(C)C(C)(C)O2)cn1)C(C)C. The van der Waals surface area contributed by atoms with Crippen molar-refractivity contribution in [3.8, 4) is 0 Å². The van der Waals surface area contributed by atoms with E-state index in [0.29, 0.717) is 19.0 Å². The first-order chi connectivity index (χ1) is 18.4. The van der Waals surface area contributed by atoms with Gasteiger partial charge in [-0.2, -0.15) is 0 Å². The quantitative estimate of drug-likeness (QED) is 0.478. The summed E-state index contributed by atoms with van der Waals surface area (Å²) in [5, 5.41) is 2.83. The molecule has 11 heteroatoms. The van der Waals surface area contributed by atoms with Crippen LogP contribution in [0.2, 0.25) is 0 Å². The average Bonchev–Trinajstić information content (AvgIpc) is 3.06. The zero-order valence-corrected chi connectivity index (χ0v) is 26.4. The van der Waals surface area contributed by atoms with Crippen molar-refractivity contribution in [3.05, 3.63) is 12.4 Å². The summed E-state index contributed by atoms with van der Waals surface area (Å²) in [6.45, 7) is 22.8. The second kappa shape index (κ2) is 12.2. The molecule has 2 fully saturated rings. The van der Waals surface area contributed by atoms with E-state index in [9.17, 15) is 9.59 Å². The van der Waals surface area contributed by atoms with Crippen molar-refractivity contribution in [2.75, 3.05) is 18.0 Å². The molecule has 40 heavy (non-hydrogen) atoms. The van der Waals surface area contributed by atoms with Gasteiger partial charge in [-0.05, 0) is 87.5 Å². The van der Waals surface area contributed by atoms with Crippen molar-refractivity contribution < 1.29 is 23.6 Å². The minimum Gasteiger partial charge on any atom is -0.444 e. The van der Waals surface area contributed by atoms with Gasteiger partial charge in [0, 0.05) is 43.0 Å². The molecule has 0 aromatic carbocycles. The Morgan fingerprint density at radius 1 is 1.10 bits per heavy atom. The van der Waals surface area contributed by atoms with Crippen LogP contribution in [-0.2, 0) is 18.8 Å². The number of nitrogens with one attached hydrogen (secondary N) is 1. The molecule has 2 saturated heterocycles. The molecule has 0 unspecified atom stereocenters. The van der Waals surface area contributed by atoms with Gasteiger partial charge in [0.1, 0.15) is 11.6 Å². The molecule has 2 amide bonds. The van der Waals surface area contributed by atoms with E-state index in [-0.39, 0.29) is 23.9 Å². The normalized spacial score (nSPS) is 21.5. The summed E-state index contributed by atoms with van der Waals surface area (Å²) in [5.74, 6) is 0.432. The highest BCUT2D eigenvalue weighted by Crippen LogP contribution is 2.36. The van der Waals surface area contributed by atoms with E-state index in [1.165, 1.54) is 0 Å². The molecule has 0 bridgehead atoms. The molecular weight excluding hydrogens is 509 g/mol. The number of aromatic nitrogens is 2. The van der Waals surface area contributed by atoms with E-state index in [2.05, 4.69) is 24.1 Å². The lowest BCUT2D eigenvalue weighted by atomic mass is 9.81. The Hall–Kier alpha value is -2.40. The molecule has 0 spiro atoms. The number of anilines is 1. The van der Waals surface area contributed by atoms with Crippen LogP contribution in [0.3, 0.4) is 0 Å². The van der Waals surface area contributed by atoms with E-state index < -0.39 is 36.1 Å². The molecule has 224 valence electrons. The van der Waals surface area contributed by atoms with E-state index in [4.69, 9.17) is 24.0 Å². The molecule has 0 aliphatic carbocycles. The van der Waals surface area contributed by atoms with Gasteiger partial charge in [0.2, 0.25) is 11.9 Å². The van der Waals surface area contributed by atoms with Gasteiger partial charge in [0.15, 0.2) is 0 Å². The van der Waals surface area contributed by atoms with Crippen LogP contribution in [-0.4, -0.2) is 82.0 Å². The average molecular weight is 560 g/mol. The first kappa shape index (κ1) is 32.1. The fraction of sp³-hybridized carbons (Fsp3) is 0.793. The van der Waals surface area contributed by atoms with Gasteiger partial charge in [-0.15, -0.1) is 0 Å². The number of rotatable bonds is 8. The van der Waals surface area contributed by atoms with Crippen molar-refractivity contribution in [2.45, 2.75) is 130 Å². The number of carbonyl (C=O) groups is 2. The van der Waals surface area contributed by atoms with Crippen LogP contribution in [0.4, 0.5) is 10.7 Å². The van der Waals surface area contributed by atoms with E-state index in [0.717, 1.165) is 24.7 Å². The summed E-state index contributed by atoms with van der Waals surface area (Å²) in [7, 11) is -0.525. The summed E-state index contributed by atoms with van der Waals surface area (Å²) in [4.78, 5) is 39.8. The molecule has 2 atom stereocenters. The number of hydrogen-bond acceptors (Lipinski definition) is 8. The standard InChI is InChI=1S/C29H50BN5O5/c1-19(2)23(33-26(37)38-27(5,6)7)24(36)34-15-13-12-14-22(34)18-35(20(3)4)25-31-16-21(17-32-25)30-39-28(8,9)29(10,11)40-30/h16-17,19-20,22-23H,12-15,18H2,1-11H3,(H,33,37)/t22-,23+/m1/s1. The molecule has 1 aromatic heterocycles. The van der Waals surface area contributed by atoms with Crippen LogP contribution in [0, 0.1) is 5.92 Å². The van der Waals surface area contributed by atoms with Crippen LogP contribution >= 0.6 is 0 Å². The lowest BCUT2D eigenvalue weighted by molar-refractivity contribution is -0.138. The fourth-order valence-corrected chi connectivity index (χ4v) is 4.94. The summed E-state index contributed by atoms with van der Waals surface area (Å²) in [6, 6.07) is -0.586. The zero-order chi connectivity index (χ0) is 30.0. The number of nitrogens with zero attached hydrogens (tertiary/aromatic N) is 4. The summed E-state index contributed by atoms with van der Waals surface area (Å²) in [5.41, 5.74) is -0.751. The third-order valence-corrected chi connectivity index (χ3v) is 7.99. The predicted molar refractivity (Wildman–Crippen MR) is 158 cm³/mol. The van der Waals surface area contributed by atoms with Crippen LogP contribution in [0.5, 0.6) is 0 Å². The van der Waals surface area contributed by atoms with Crippen LogP contribution in [0.15, 0.2) is 12.4 Å². The Morgan fingerprint density at radius 2 is 1.68 bits per heavy atom. The number of amides is 2. The second-order valence-corrected chi connectivity index (χ2v) is 13.7. The van der Waals surface area contributed by atoms with E-state index >= 15 is 0 Å². The van der Waals surface area contributed by atoms with Crippen molar-refractivity contribution in [1.82, 2.24) is 20.2 Å². The van der Waals surface area contributed by atoms with E-state index in [1.807, 2.05) is 67.2 Å². The Balaban J connectivity index is 1.76. The van der Waals surface area contributed by atoms with Crippen LogP contribution in [0.25, 0.3) is 0 Å².